The highest BCUT2D eigenvalue weighted by Gasteiger charge is 2.23. The number of nitrogens with zero attached hydrogens (tertiary/aromatic N) is 1. The van der Waals surface area contributed by atoms with Gasteiger partial charge in [-0.15, -0.1) is 0 Å². The number of esters is 1. The maximum Gasteiger partial charge on any atom is 0.313 e. The molecule has 0 aliphatic rings. The summed E-state index contributed by atoms with van der Waals surface area (Å²) >= 11 is 0. The van der Waals surface area contributed by atoms with Crippen molar-refractivity contribution in [2.24, 2.45) is 7.05 Å². The minimum atomic E-state index is -1.17. The van der Waals surface area contributed by atoms with Gasteiger partial charge in [0.2, 0.25) is 0 Å². The molecule has 0 spiro atoms. The van der Waals surface area contributed by atoms with E-state index in [4.69, 9.17) is 4.74 Å². The smallest absolute Gasteiger partial charge is 0.313 e. The predicted molar refractivity (Wildman–Crippen MR) is 147 cm³/mol. The number of carbonyl (C=O) groups is 2. The molecule has 1 heterocycles. The van der Waals surface area contributed by atoms with Crippen molar-refractivity contribution in [1.82, 2.24) is 4.57 Å². The number of ketones is 1. The first-order valence-corrected chi connectivity index (χ1v) is 12.7. The van der Waals surface area contributed by atoms with Crippen LogP contribution in [-0.2, 0) is 39.3 Å². The van der Waals surface area contributed by atoms with Gasteiger partial charge in [-0.05, 0) is 29.2 Å². The van der Waals surface area contributed by atoms with E-state index in [0.717, 1.165) is 5.56 Å². The van der Waals surface area contributed by atoms with E-state index in [1.807, 2.05) is 44.2 Å². The zero-order valence-electron chi connectivity index (χ0n) is 22.6. The number of aliphatic hydroxyl groups excluding tert-OH is 1. The van der Waals surface area contributed by atoms with Crippen LogP contribution >= 0.6 is 0 Å². The second-order valence-corrected chi connectivity index (χ2v) is 9.58. The van der Waals surface area contributed by atoms with Crippen LogP contribution in [0.2, 0.25) is 0 Å². The number of hydrogen-bond donors (Lipinski definition) is 1. The van der Waals surface area contributed by atoms with E-state index in [1.54, 1.807) is 29.8 Å². The molecule has 0 radical (unpaired) electrons. The summed E-state index contributed by atoms with van der Waals surface area (Å²) in [6.45, 7) is 4.20. The summed E-state index contributed by atoms with van der Waals surface area (Å²) < 4.78 is 25.9. The average molecular weight is 536 g/mol. The Morgan fingerprint density at radius 1 is 1.05 bits per heavy atom. The van der Waals surface area contributed by atoms with Gasteiger partial charge in [-0.25, -0.2) is 4.39 Å². The standard InChI is InChI=1S/C31H34FNO6/c1-20(2)30-26(15-14-24(34)16-25(35)17-28(36)38-4)29(22-10-12-23(32)13-11-22)27(31(37)33(30)3)19-39-18-21-8-6-5-7-9-21/h5-15,20,24,34H,16-19H2,1-4H3/b15-14+. The summed E-state index contributed by atoms with van der Waals surface area (Å²) in [5.74, 6) is -1.63. The van der Waals surface area contributed by atoms with Crippen molar-refractivity contribution in [2.45, 2.75) is 51.9 Å². The highest BCUT2D eigenvalue weighted by molar-refractivity contribution is 5.95. The molecule has 1 unspecified atom stereocenters. The van der Waals surface area contributed by atoms with Crippen LogP contribution in [0.15, 0.2) is 65.5 Å². The fraction of sp³-hybridized carbons (Fsp3) is 0.323. The minimum absolute atomic E-state index is 0.00760. The molecular formula is C31H34FNO6. The van der Waals surface area contributed by atoms with Crippen molar-refractivity contribution in [1.29, 1.82) is 0 Å². The van der Waals surface area contributed by atoms with E-state index >= 15 is 0 Å². The third kappa shape index (κ3) is 7.81. The Kier molecular flexibility index (Phi) is 10.5. The van der Waals surface area contributed by atoms with Crippen LogP contribution in [0, 0.1) is 5.82 Å². The van der Waals surface area contributed by atoms with Gasteiger partial charge >= 0.3 is 5.97 Å². The number of rotatable bonds is 12. The van der Waals surface area contributed by atoms with Crippen molar-refractivity contribution < 1.29 is 28.6 Å². The SMILES string of the molecule is COC(=O)CC(=O)CC(O)/C=C/c1c(-c2ccc(F)cc2)c(COCc2ccccc2)c(=O)n(C)c1C(C)C. The topological polar surface area (TPSA) is 94.8 Å². The lowest BCUT2D eigenvalue weighted by Crippen LogP contribution is -2.28. The minimum Gasteiger partial charge on any atom is -0.469 e. The molecule has 0 fully saturated rings. The second-order valence-electron chi connectivity index (χ2n) is 9.58. The quantitative estimate of drug-likeness (QED) is 0.261. The maximum atomic E-state index is 13.8. The van der Waals surface area contributed by atoms with Gasteiger partial charge in [0.25, 0.3) is 5.56 Å². The van der Waals surface area contributed by atoms with Gasteiger partial charge in [-0.2, -0.15) is 0 Å². The third-order valence-corrected chi connectivity index (χ3v) is 6.30. The fourth-order valence-corrected chi connectivity index (χ4v) is 4.50. The van der Waals surface area contributed by atoms with Crippen LogP contribution in [-0.4, -0.2) is 34.6 Å². The Morgan fingerprint density at radius 2 is 1.72 bits per heavy atom. The van der Waals surface area contributed by atoms with Crippen molar-refractivity contribution in [3.8, 4) is 11.1 Å². The molecule has 0 aliphatic heterocycles. The molecule has 3 rings (SSSR count). The largest absolute Gasteiger partial charge is 0.469 e. The zero-order valence-corrected chi connectivity index (χ0v) is 22.6. The van der Waals surface area contributed by atoms with Crippen LogP contribution in [0.4, 0.5) is 4.39 Å². The number of benzene rings is 2. The number of pyridine rings is 1. The first-order valence-electron chi connectivity index (χ1n) is 12.7. The van der Waals surface area contributed by atoms with Crippen LogP contribution in [0.5, 0.6) is 0 Å². The summed E-state index contributed by atoms with van der Waals surface area (Å²) in [5.41, 5.74) is 3.64. The lowest BCUT2D eigenvalue weighted by Gasteiger charge is -2.23. The number of methoxy groups -OCH3 is 1. The van der Waals surface area contributed by atoms with Gasteiger partial charge in [0, 0.05) is 30.3 Å². The van der Waals surface area contributed by atoms with Crippen molar-refractivity contribution in [2.75, 3.05) is 7.11 Å². The molecule has 0 bridgehead atoms. The summed E-state index contributed by atoms with van der Waals surface area (Å²) in [6.07, 6.45) is 1.26. The molecule has 0 saturated carbocycles. The predicted octanol–water partition coefficient (Wildman–Crippen LogP) is 4.93. The van der Waals surface area contributed by atoms with E-state index in [-0.39, 0.29) is 24.5 Å². The highest BCUT2D eigenvalue weighted by Crippen LogP contribution is 2.33. The van der Waals surface area contributed by atoms with Crippen molar-refractivity contribution >= 4 is 17.8 Å². The van der Waals surface area contributed by atoms with Crippen LogP contribution in [0.3, 0.4) is 0 Å². The number of halogens is 1. The molecular weight excluding hydrogens is 501 g/mol. The molecule has 0 amide bonds. The first-order chi connectivity index (χ1) is 18.6. The van der Waals surface area contributed by atoms with E-state index in [2.05, 4.69) is 4.74 Å². The third-order valence-electron chi connectivity index (χ3n) is 6.30. The highest BCUT2D eigenvalue weighted by atomic mass is 19.1. The average Bonchev–Trinajstić information content (AvgIpc) is 2.90. The number of aliphatic hydroxyl groups is 1. The number of ether oxygens (including phenoxy) is 2. The monoisotopic (exact) mass is 535 g/mol. The number of aromatic nitrogens is 1. The summed E-state index contributed by atoms with van der Waals surface area (Å²) in [4.78, 5) is 37.1. The Bertz CT molecular complexity index is 1380. The molecule has 0 saturated heterocycles. The molecule has 7 nitrogen and oxygen atoms in total. The molecule has 1 aromatic heterocycles. The van der Waals surface area contributed by atoms with Crippen LogP contribution < -0.4 is 5.56 Å². The van der Waals surface area contributed by atoms with Gasteiger partial charge in [0.05, 0.1) is 32.0 Å². The Hall–Kier alpha value is -3.88. The summed E-state index contributed by atoms with van der Waals surface area (Å²) in [7, 11) is 2.87. The van der Waals surface area contributed by atoms with Gasteiger partial charge in [-0.3, -0.25) is 14.4 Å². The molecule has 1 N–H and O–H groups in total. The Balaban J connectivity index is 2.09. The normalized spacial score (nSPS) is 12.2. The molecule has 1 atom stereocenters. The molecule has 3 aromatic rings. The lowest BCUT2D eigenvalue weighted by atomic mass is 9.90. The van der Waals surface area contributed by atoms with Crippen LogP contribution in [0.25, 0.3) is 17.2 Å². The molecule has 206 valence electrons. The van der Waals surface area contributed by atoms with Crippen molar-refractivity contribution in [3.05, 3.63) is 99.2 Å². The summed E-state index contributed by atoms with van der Waals surface area (Å²) in [5, 5.41) is 10.6. The second kappa shape index (κ2) is 13.8. The van der Waals surface area contributed by atoms with Gasteiger partial charge in [0.1, 0.15) is 18.0 Å². The summed E-state index contributed by atoms with van der Waals surface area (Å²) in [6, 6.07) is 15.4. The van der Waals surface area contributed by atoms with Crippen LogP contribution in [0.1, 0.15) is 55.0 Å². The molecule has 2 aromatic carbocycles. The Labute approximate surface area is 227 Å². The lowest BCUT2D eigenvalue weighted by molar-refractivity contribution is -0.143. The molecule has 8 heteroatoms. The fourth-order valence-electron chi connectivity index (χ4n) is 4.50. The van der Waals surface area contributed by atoms with E-state index < -0.39 is 30.1 Å². The molecule has 0 aliphatic carbocycles. The Morgan fingerprint density at radius 3 is 2.33 bits per heavy atom. The van der Waals surface area contributed by atoms with Crippen molar-refractivity contribution in [3.63, 3.8) is 0 Å². The maximum absolute atomic E-state index is 13.8. The number of carbonyl (C=O) groups excluding carboxylic acids is 2. The first kappa shape index (κ1) is 29.7. The van der Waals surface area contributed by atoms with Gasteiger partial charge < -0.3 is 19.1 Å². The zero-order chi connectivity index (χ0) is 28.5. The number of hydrogen-bond acceptors (Lipinski definition) is 6. The number of Topliss-reactive ketones (excluding diaryl/α,β-unsaturated/α-hetero) is 1. The van der Waals surface area contributed by atoms with E-state index in [0.29, 0.717) is 34.6 Å². The molecule has 39 heavy (non-hydrogen) atoms. The van der Waals surface area contributed by atoms with Gasteiger partial charge in [0.15, 0.2) is 0 Å². The van der Waals surface area contributed by atoms with E-state index in [1.165, 1.54) is 25.3 Å². The van der Waals surface area contributed by atoms with E-state index in [9.17, 15) is 23.9 Å². The van der Waals surface area contributed by atoms with Gasteiger partial charge in [-0.1, -0.05) is 68.5 Å².